The monoisotopic (exact) mass is 386 g/mol. The zero-order valence-electron chi connectivity index (χ0n) is 16.8. The Kier molecular flexibility index (Phi) is 9.76. The molecule has 0 aromatic heterocycles. The number of hydrogen-bond donors (Lipinski definition) is 0. The summed E-state index contributed by atoms with van der Waals surface area (Å²) in [4.78, 5) is 11.8. The van der Waals surface area contributed by atoms with Crippen LogP contribution < -0.4 is 9.47 Å². The van der Waals surface area contributed by atoms with Crippen LogP contribution in [0.4, 0.5) is 4.79 Å². The fourth-order valence-corrected chi connectivity index (χ4v) is 2.36. The molecule has 5 nitrogen and oxygen atoms in total. The van der Waals surface area contributed by atoms with Gasteiger partial charge < -0.3 is 18.9 Å². The first kappa shape index (κ1) is 21.6. The van der Waals surface area contributed by atoms with Gasteiger partial charge in [-0.15, -0.1) is 0 Å². The molecule has 2 aromatic rings. The highest BCUT2D eigenvalue weighted by molar-refractivity contribution is 5.60. The van der Waals surface area contributed by atoms with Gasteiger partial charge in [0, 0.05) is 0 Å². The van der Waals surface area contributed by atoms with Crippen LogP contribution in [0.25, 0.3) is 0 Å². The summed E-state index contributed by atoms with van der Waals surface area (Å²) in [6.07, 6.45) is 3.58. The van der Waals surface area contributed by atoms with Gasteiger partial charge in [-0.2, -0.15) is 0 Å². The highest BCUT2D eigenvalue weighted by Gasteiger charge is 2.06. The molecule has 2 rings (SSSR count). The summed E-state index contributed by atoms with van der Waals surface area (Å²) < 4.78 is 21.5. The lowest BCUT2D eigenvalue weighted by atomic mass is 10.2. The van der Waals surface area contributed by atoms with Gasteiger partial charge in [0.15, 0.2) is 0 Å². The summed E-state index contributed by atoms with van der Waals surface area (Å²) in [5.41, 5.74) is 1.77. The second-order valence-corrected chi connectivity index (χ2v) is 6.52. The minimum Gasteiger partial charge on any atom is -0.494 e. The van der Waals surface area contributed by atoms with E-state index in [1.54, 1.807) is 0 Å². The molecule has 0 unspecified atom stereocenters. The summed E-state index contributed by atoms with van der Waals surface area (Å²) >= 11 is 0. The van der Waals surface area contributed by atoms with E-state index >= 15 is 0 Å². The Morgan fingerprint density at radius 1 is 0.679 bits per heavy atom. The second-order valence-electron chi connectivity index (χ2n) is 6.52. The van der Waals surface area contributed by atoms with Crippen LogP contribution in [0, 0.1) is 0 Å². The molecule has 0 amide bonds. The predicted molar refractivity (Wildman–Crippen MR) is 109 cm³/mol. The quantitative estimate of drug-likeness (QED) is 0.336. The lowest BCUT2D eigenvalue weighted by Crippen LogP contribution is -2.07. The van der Waals surface area contributed by atoms with Crippen molar-refractivity contribution in [1.82, 2.24) is 0 Å². The molecule has 28 heavy (non-hydrogen) atoms. The molecule has 0 heterocycles. The van der Waals surface area contributed by atoms with Crippen LogP contribution in [0.3, 0.4) is 0 Å². The molecule has 0 fully saturated rings. The molecule has 0 atom stereocenters. The van der Waals surface area contributed by atoms with Crippen LogP contribution in [-0.4, -0.2) is 19.4 Å². The Morgan fingerprint density at radius 2 is 1.07 bits per heavy atom. The molecular weight excluding hydrogens is 356 g/mol. The van der Waals surface area contributed by atoms with E-state index in [2.05, 4.69) is 13.8 Å². The standard InChI is InChI=1S/C23H30O5/c1-3-5-15-25-21-11-7-19(8-12-21)17-27-23(24)28-18-20-9-13-22(14-10-20)26-16-6-4-2/h7-14H,3-6,15-18H2,1-2H3. The van der Waals surface area contributed by atoms with Gasteiger partial charge in [-0.05, 0) is 48.2 Å². The zero-order valence-corrected chi connectivity index (χ0v) is 16.8. The van der Waals surface area contributed by atoms with Crippen molar-refractivity contribution in [3.05, 3.63) is 59.7 Å². The Morgan fingerprint density at radius 3 is 1.43 bits per heavy atom. The van der Waals surface area contributed by atoms with Gasteiger partial charge in [-0.25, -0.2) is 4.79 Å². The van der Waals surface area contributed by atoms with Crippen molar-refractivity contribution in [2.45, 2.75) is 52.7 Å². The van der Waals surface area contributed by atoms with Crippen LogP contribution in [0.15, 0.2) is 48.5 Å². The number of hydrogen-bond acceptors (Lipinski definition) is 5. The van der Waals surface area contributed by atoms with Crippen molar-refractivity contribution < 1.29 is 23.7 Å². The molecule has 0 N–H and O–H groups in total. The molecule has 0 spiro atoms. The largest absolute Gasteiger partial charge is 0.508 e. The molecule has 152 valence electrons. The first-order valence-electron chi connectivity index (χ1n) is 9.94. The molecule has 0 aliphatic rings. The number of unbranched alkanes of at least 4 members (excludes halogenated alkanes) is 2. The summed E-state index contributed by atoms with van der Waals surface area (Å²) in [7, 11) is 0. The number of ether oxygens (including phenoxy) is 4. The van der Waals surface area contributed by atoms with Gasteiger partial charge >= 0.3 is 6.16 Å². The van der Waals surface area contributed by atoms with Gasteiger partial charge in [-0.1, -0.05) is 51.0 Å². The molecule has 2 aromatic carbocycles. The van der Waals surface area contributed by atoms with E-state index < -0.39 is 6.16 Å². The van der Waals surface area contributed by atoms with Gasteiger partial charge in [0.2, 0.25) is 0 Å². The minimum absolute atomic E-state index is 0.165. The number of benzene rings is 2. The highest BCUT2D eigenvalue weighted by atomic mass is 16.7. The fourth-order valence-electron chi connectivity index (χ4n) is 2.36. The van der Waals surface area contributed by atoms with Crippen molar-refractivity contribution in [2.24, 2.45) is 0 Å². The van der Waals surface area contributed by atoms with Crippen molar-refractivity contribution in [3.8, 4) is 11.5 Å². The van der Waals surface area contributed by atoms with E-state index in [1.807, 2.05) is 48.5 Å². The molecular formula is C23H30O5. The second kappa shape index (κ2) is 12.7. The molecule has 0 aliphatic carbocycles. The van der Waals surface area contributed by atoms with E-state index in [0.717, 1.165) is 48.3 Å². The Bertz CT molecular complexity index is 620. The van der Waals surface area contributed by atoms with Crippen LogP contribution in [0.2, 0.25) is 0 Å². The molecule has 0 radical (unpaired) electrons. The normalized spacial score (nSPS) is 10.4. The third-order valence-electron chi connectivity index (χ3n) is 4.09. The maximum Gasteiger partial charge on any atom is 0.508 e. The van der Waals surface area contributed by atoms with Crippen molar-refractivity contribution in [1.29, 1.82) is 0 Å². The molecule has 0 saturated heterocycles. The SMILES string of the molecule is CCCCOc1ccc(COC(=O)OCc2ccc(OCCCC)cc2)cc1. The van der Waals surface area contributed by atoms with Crippen LogP contribution >= 0.6 is 0 Å². The van der Waals surface area contributed by atoms with Crippen LogP contribution in [0.1, 0.15) is 50.7 Å². The van der Waals surface area contributed by atoms with Crippen LogP contribution in [-0.2, 0) is 22.7 Å². The number of carbonyl (C=O) groups is 1. The van der Waals surface area contributed by atoms with E-state index in [1.165, 1.54) is 0 Å². The first-order valence-corrected chi connectivity index (χ1v) is 9.94. The van der Waals surface area contributed by atoms with Gasteiger partial charge in [-0.3, -0.25) is 0 Å². The van der Waals surface area contributed by atoms with E-state index in [-0.39, 0.29) is 13.2 Å². The average molecular weight is 386 g/mol. The Balaban J connectivity index is 1.66. The molecule has 0 aliphatic heterocycles. The minimum atomic E-state index is -0.688. The summed E-state index contributed by atoms with van der Waals surface area (Å²) in [5, 5.41) is 0. The summed E-state index contributed by atoms with van der Waals surface area (Å²) in [6, 6.07) is 15.0. The van der Waals surface area contributed by atoms with Crippen molar-refractivity contribution in [2.75, 3.05) is 13.2 Å². The summed E-state index contributed by atoms with van der Waals surface area (Å²) in [6.45, 7) is 6.01. The number of rotatable bonds is 12. The highest BCUT2D eigenvalue weighted by Crippen LogP contribution is 2.15. The topological polar surface area (TPSA) is 54.0 Å². The number of carbonyl (C=O) groups excluding carboxylic acids is 1. The molecule has 5 heteroatoms. The summed E-state index contributed by atoms with van der Waals surface area (Å²) in [5.74, 6) is 1.64. The molecule has 0 bridgehead atoms. The van der Waals surface area contributed by atoms with E-state index in [4.69, 9.17) is 18.9 Å². The lowest BCUT2D eigenvalue weighted by molar-refractivity contribution is 0.0446. The van der Waals surface area contributed by atoms with E-state index in [0.29, 0.717) is 13.2 Å². The average Bonchev–Trinajstić information content (AvgIpc) is 2.73. The molecule has 0 saturated carbocycles. The van der Waals surface area contributed by atoms with Gasteiger partial charge in [0.1, 0.15) is 24.7 Å². The first-order chi connectivity index (χ1) is 13.7. The van der Waals surface area contributed by atoms with Gasteiger partial charge in [0.05, 0.1) is 13.2 Å². The maximum absolute atomic E-state index is 11.8. The van der Waals surface area contributed by atoms with Crippen molar-refractivity contribution in [3.63, 3.8) is 0 Å². The smallest absolute Gasteiger partial charge is 0.494 e. The zero-order chi connectivity index (χ0) is 20.0. The lowest BCUT2D eigenvalue weighted by Gasteiger charge is -2.09. The van der Waals surface area contributed by atoms with E-state index in [9.17, 15) is 4.79 Å². The fraction of sp³-hybridized carbons (Fsp3) is 0.435. The maximum atomic E-state index is 11.8. The third-order valence-corrected chi connectivity index (χ3v) is 4.09. The van der Waals surface area contributed by atoms with Gasteiger partial charge in [0.25, 0.3) is 0 Å². The van der Waals surface area contributed by atoms with Crippen molar-refractivity contribution >= 4 is 6.16 Å². The third kappa shape index (κ3) is 8.33. The predicted octanol–water partition coefficient (Wildman–Crippen LogP) is 5.90. The Labute approximate surface area is 167 Å². The Hall–Kier alpha value is -2.69. The van der Waals surface area contributed by atoms with Crippen LogP contribution in [0.5, 0.6) is 11.5 Å².